The maximum absolute atomic E-state index is 14.2. The normalized spacial score (nSPS) is 19.7. The average Bonchev–Trinajstić information content (AvgIpc) is 2.82. The van der Waals surface area contributed by atoms with E-state index in [1.165, 1.54) is 13.0 Å². The molecule has 2 aliphatic heterocycles. The molecule has 0 amide bonds. The van der Waals surface area contributed by atoms with Crippen molar-refractivity contribution in [2.45, 2.75) is 65.5 Å². The lowest BCUT2D eigenvalue weighted by Gasteiger charge is -2.33. The molecule has 0 aromatic rings. The maximum Gasteiger partial charge on any atom is 0.157 e. The summed E-state index contributed by atoms with van der Waals surface area (Å²) in [6.07, 6.45) is 10.0. The van der Waals surface area contributed by atoms with Crippen LogP contribution in [-0.4, -0.2) is 54.1 Å². The number of alkyl halides is 1. The SMILES string of the molecule is C=C/C(=C\C=C(/C)F)C(C)=NCC(=C)CN1N=C(/C(=C/N=C(C)CCC2(F)COC2)CC)CCC1=C. The summed E-state index contributed by atoms with van der Waals surface area (Å²) >= 11 is 0. The monoisotopic (exact) mass is 498 g/mol. The van der Waals surface area contributed by atoms with E-state index in [1.807, 2.05) is 25.1 Å². The minimum absolute atomic E-state index is 0.186. The van der Waals surface area contributed by atoms with Gasteiger partial charge in [-0.2, -0.15) is 5.10 Å². The van der Waals surface area contributed by atoms with Gasteiger partial charge < -0.3 is 4.74 Å². The molecule has 36 heavy (non-hydrogen) atoms. The van der Waals surface area contributed by atoms with Gasteiger partial charge in [0.1, 0.15) is 0 Å². The highest BCUT2D eigenvalue weighted by Crippen LogP contribution is 2.27. The first-order chi connectivity index (χ1) is 17.1. The van der Waals surface area contributed by atoms with Crippen molar-refractivity contribution in [2.75, 3.05) is 26.3 Å². The zero-order valence-corrected chi connectivity index (χ0v) is 22.2. The Morgan fingerprint density at radius 2 is 1.94 bits per heavy atom. The second kappa shape index (κ2) is 14.0. The molecule has 0 unspecified atom stereocenters. The van der Waals surface area contributed by atoms with E-state index in [2.05, 4.69) is 36.6 Å². The molecule has 2 aliphatic rings. The number of halogens is 2. The van der Waals surface area contributed by atoms with Crippen molar-refractivity contribution in [3.8, 4) is 0 Å². The van der Waals surface area contributed by atoms with Gasteiger partial charge in [0.05, 0.1) is 37.8 Å². The van der Waals surface area contributed by atoms with Gasteiger partial charge >= 0.3 is 0 Å². The lowest BCUT2D eigenvalue weighted by atomic mass is 9.96. The molecule has 0 aliphatic carbocycles. The molecule has 0 spiro atoms. The van der Waals surface area contributed by atoms with Crippen LogP contribution in [0.1, 0.15) is 59.8 Å². The van der Waals surface area contributed by atoms with Crippen LogP contribution in [0.3, 0.4) is 0 Å². The molecule has 2 heterocycles. The first kappa shape index (κ1) is 29.3. The molecule has 7 heteroatoms. The third kappa shape index (κ3) is 9.26. The second-order valence-corrected chi connectivity index (χ2v) is 9.42. The molecule has 0 saturated carbocycles. The molecule has 0 N–H and O–H groups in total. The molecule has 0 aromatic heterocycles. The van der Waals surface area contributed by atoms with Gasteiger partial charge in [0.2, 0.25) is 0 Å². The highest BCUT2D eigenvalue weighted by Gasteiger charge is 2.38. The minimum atomic E-state index is -1.19. The minimum Gasteiger partial charge on any atom is -0.375 e. The Morgan fingerprint density at radius 3 is 2.53 bits per heavy atom. The molecule has 0 bridgehead atoms. The fraction of sp³-hybridized carbons (Fsp3) is 0.483. The van der Waals surface area contributed by atoms with Crippen molar-refractivity contribution in [1.29, 1.82) is 0 Å². The van der Waals surface area contributed by atoms with Crippen LogP contribution in [0.2, 0.25) is 0 Å². The topological polar surface area (TPSA) is 49.5 Å². The Bertz CT molecular complexity index is 1020. The fourth-order valence-corrected chi connectivity index (χ4v) is 3.65. The summed E-state index contributed by atoms with van der Waals surface area (Å²) in [5, 5.41) is 6.72. The van der Waals surface area contributed by atoms with Crippen molar-refractivity contribution in [3.63, 3.8) is 0 Å². The van der Waals surface area contributed by atoms with Crippen LogP contribution in [0, 0.1) is 0 Å². The van der Waals surface area contributed by atoms with E-state index >= 15 is 0 Å². The maximum atomic E-state index is 14.2. The zero-order chi connectivity index (χ0) is 26.7. The molecule has 0 atom stereocenters. The van der Waals surface area contributed by atoms with E-state index in [0.29, 0.717) is 25.9 Å². The molecule has 2 rings (SSSR count). The van der Waals surface area contributed by atoms with Crippen LogP contribution in [0.5, 0.6) is 0 Å². The predicted octanol–water partition coefficient (Wildman–Crippen LogP) is 7.23. The third-order valence-corrected chi connectivity index (χ3v) is 6.15. The molecule has 196 valence electrons. The van der Waals surface area contributed by atoms with E-state index < -0.39 is 5.67 Å². The number of nitrogens with zero attached hydrogens (tertiary/aromatic N) is 4. The largest absolute Gasteiger partial charge is 0.375 e. The second-order valence-electron chi connectivity index (χ2n) is 9.42. The Morgan fingerprint density at radius 1 is 1.22 bits per heavy atom. The Labute approximate surface area is 215 Å². The molecular weight excluding hydrogens is 458 g/mol. The predicted molar refractivity (Wildman–Crippen MR) is 148 cm³/mol. The van der Waals surface area contributed by atoms with E-state index in [4.69, 9.17) is 9.84 Å². The lowest BCUT2D eigenvalue weighted by molar-refractivity contribution is -0.132. The summed E-state index contributed by atoms with van der Waals surface area (Å²) in [5.74, 6) is -0.276. The van der Waals surface area contributed by atoms with E-state index in [9.17, 15) is 8.78 Å². The van der Waals surface area contributed by atoms with Gasteiger partial charge in [-0.15, -0.1) is 0 Å². The van der Waals surface area contributed by atoms with Gasteiger partial charge in [-0.25, -0.2) is 8.78 Å². The molecular formula is C29H40F2N4O. The van der Waals surface area contributed by atoms with Crippen LogP contribution in [0.15, 0.2) is 87.5 Å². The highest BCUT2D eigenvalue weighted by atomic mass is 19.1. The number of allylic oxidation sites excluding steroid dienone is 7. The van der Waals surface area contributed by atoms with Crippen LogP contribution >= 0.6 is 0 Å². The standard InChI is InChI=1S/C29H40F2N4O/c1-8-26(12-10-22(4)30)25(7)33-16-21(3)18-35-24(6)11-13-28(34-35)27(9-2)17-32-23(5)14-15-29(31)19-36-20-29/h8,10,12,17H,1,3,6,9,11,13-16,18-20H2,2,4-5,7H3/b22-10+,26-12+,27-17+,32-23?,33-25?. The summed E-state index contributed by atoms with van der Waals surface area (Å²) in [5.41, 5.74) is 5.09. The Balaban J connectivity index is 2.04. The molecule has 1 fully saturated rings. The summed E-state index contributed by atoms with van der Waals surface area (Å²) in [7, 11) is 0. The van der Waals surface area contributed by atoms with Crippen LogP contribution in [0.4, 0.5) is 8.78 Å². The van der Waals surface area contributed by atoms with E-state index in [1.54, 1.807) is 12.2 Å². The van der Waals surface area contributed by atoms with Gasteiger partial charge in [0.25, 0.3) is 0 Å². The summed E-state index contributed by atoms with van der Waals surface area (Å²) < 4.78 is 32.2. The fourth-order valence-electron chi connectivity index (χ4n) is 3.65. The van der Waals surface area contributed by atoms with Crippen molar-refractivity contribution >= 4 is 17.1 Å². The quantitative estimate of drug-likeness (QED) is 0.153. The summed E-state index contributed by atoms with van der Waals surface area (Å²) in [4.78, 5) is 9.17. The van der Waals surface area contributed by atoms with Crippen molar-refractivity contribution in [1.82, 2.24) is 5.01 Å². The molecule has 5 nitrogen and oxygen atoms in total. The summed E-state index contributed by atoms with van der Waals surface area (Å²) in [6.45, 7) is 20.7. The van der Waals surface area contributed by atoms with E-state index in [-0.39, 0.29) is 19.0 Å². The number of hydrazone groups is 1. The number of hydrogen-bond acceptors (Lipinski definition) is 5. The van der Waals surface area contributed by atoms with Crippen LogP contribution < -0.4 is 0 Å². The Hall–Kier alpha value is -2.93. The zero-order valence-electron chi connectivity index (χ0n) is 22.2. The van der Waals surface area contributed by atoms with Crippen LogP contribution in [-0.2, 0) is 4.74 Å². The number of hydrogen-bond donors (Lipinski definition) is 0. The lowest BCUT2D eigenvalue weighted by Crippen LogP contribution is -2.45. The number of rotatable bonds is 13. The smallest absolute Gasteiger partial charge is 0.157 e. The first-order valence-electron chi connectivity index (χ1n) is 12.4. The third-order valence-electron chi connectivity index (χ3n) is 6.15. The van der Waals surface area contributed by atoms with Crippen molar-refractivity contribution in [3.05, 3.63) is 72.4 Å². The number of aliphatic imine (C=N–C) groups is 2. The van der Waals surface area contributed by atoms with Crippen molar-refractivity contribution in [2.24, 2.45) is 15.1 Å². The number of ether oxygens (including phenoxy) is 1. The molecule has 0 aromatic carbocycles. The van der Waals surface area contributed by atoms with Gasteiger partial charge in [0, 0.05) is 23.3 Å². The van der Waals surface area contributed by atoms with Gasteiger partial charge in [-0.3, -0.25) is 15.0 Å². The molecule has 0 radical (unpaired) electrons. The van der Waals surface area contributed by atoms with E-state index in [0.717, 1.165) is 58.8 Å². The van der Waals surface area contributed by atoms with Gasteiger partial charge in [-0.05, 0) is 75.7 Å². The summed E-state index contributed by atoms with van der Waals surface area (Å²) in [6, 6.07) is 0. The highest BCUT2D eigenvalue weighted by molar-refractivity contribution is 6.01. The van der Waals surface area contributed by atoms with Gasteiger partial charge in [-0.1, -0.05) is 38.8 Å². The molecule has 1 saturated heterocycles. The average molecular weight is 499 g/mol. The Kier molecular flexibility index (Phi) is 11.4. The van der Waals surface area contributed by atoms with Crippen LogP contribution in [0.25, 0.3) is 0 Å². The van der Waals surface area contributed by atoms with Crippen molar-refractivity contribution < 1.29 is 13.5 Å². The van der Waals surface area contributed by atoms with Gasteiger partial charge in [0.15, 0.2) is 5.67 Å². The first-order valence-corrected chi connectivity index (χ1v) is 12.4.